The normalized spacial score (nSPS) is 25.3. The third kappa shape index (κ3) is 4.39. The highest BCUT2D eigenvalue weighted by molar-refractivity contribution is 7.91. The monoisotopic (exact) mass is 390 g/mol. The molecule has 2 aliphatic heterocycles. The van der Waals surface area contributed by atoms with Crippen LogP contribution >= 0.6 is 0 Å². The zero-order valence-electron chi connectivity index (χ0n) is 14.1. The second-order valence-corrected chi connectivity index (χ2v) is 10.8. The average molecular weight is 391 g/mol. The lowest BCUT2D eigenvalue weighted by Gasteiger charge is -2.35. The summed E-state index contributed by atoms with van der Waals surface area (Å²) in [6.07, 6.45) is 1.93. The number of nitrogens with one attached hydrogen (secondary N) is 1. The summed E-state index contributed by atoms with van der Waals surface area (Å²) in [5.41, 5.74) is 0.376. The van der Waals surface area contributed by atoms with Gasteiger partial charge in [0.05, 0.1) is 16.4 Å². The molecule has 0 aliphatic carbocycles. The van der Waals surface area contributed by atoms with Gasteiger partial charge in [-0.25, -0.2) is 25.9 Å². The first-order chi connectivity index (χ1) is 11.7. The summed E-state index contributed by atoms with van der Waals surface area (Å²) in [7, 11) is -6.61. The topological polar surface area (TPSA) is 83.6 Å². The molecule has 140 valence electrons. The van der Waals surface area contributed by atoms with E-state index in [0.29, 0.717) is 37.9 Å². The predicted octanol–water partition coefficient (Wildman–Crippen LogP) is 1.06. The molecule has 3 rings (SSSR count). The molecule has 9 heteroatoms. The Balaban J connectivity index is 1.60. The minimum absolute atomic E-state index is 0.0573. The van der Waals surface area contributed by atoms with Gasteiger partial charge < -0.3 is 0 Å². The van der Waals surface area contributed by atoms with Gasteiger partial charge in [-0.15, -0.1) is 0 Å². The molecule has 1 atom stereocenters. The maximum Gasteiger partial charge on any atom is 0.241 e. The Morgan fingerprint density at radius 1 is 1.20 bits per heavy atom. The predicted molar refractivity (Wildman–Crippen MR) is 93.1 cm³/mol. The molecule has 6 nitrogen and oxygen atoms in total. The van der Waals surface area contributed by atoms with Crippen molar-refractivity contribution in [3.05, 3.63) is 29.6 Å². The third-order valence-electron chi connectivity index (χ3n) is 5.00. The number of rotatable bonds is 4. The number of hydrogen-bond donors (Lipinski definition) is 1. The van der Waals surface area contributed by atoms with Crippen LogP contribution < -0.4 is 4.72 Å². The molecule has 0 amide bonds. The van der Waals surface area contributed by atoms with Crippen molar-refractivity contribution in [3.63, 3.8) is 0 Å². The zero-order valence-corrected chi connectivity index (χ0v) is 15.7. The van der Waals surface area contributed by atoms with E-state index in [1.165, 1.54) is 12.1 Å². The Labute approximate surface area is 148 Å². The van der Waals surface area contributed by atoms with Crippen LogP contribution in [0.3, 0.4) is 0 Å². The number of benzene rings is 1. The number of hydrogen-bond acceptors (Lipinski definition) is 5. The lowest BCUT2D eigenvalue weighted by atomic mass is 10.0. The smallest absolute Gasteiger partial charge is 0.241 e. The summed E-state index contributed by atoms with van der Waals surface area (Å²) in [5.74, 6) is -0.0112. The van der Waals surface area contributed by atoms with Gasteiger partial charge in [-0.05, 0) is 63.0 Å². The van der Waals surface area contributed by atoms with Gasteiger partial charge in [-0.3, -0.25) is 4.90 Å². The van der Waals surface area contributed by atoms with E-state index < -0.39 is 25.7 Å². The lowest BCUT2D eigenvalue weighted by molar-refractivity contribution is 0.161. The molecule has 2 saturated heterocycles. The van der Waals surface area contributed by atoms with Crippen molar-refractivity contribution in [2.45, 2.75) is 43.2 Å². The Hall–Kier alpha value is -1.03. The Morgan fingerprint density at radius 2 is 1.88 bits per heavy atom. The van der Waals surface area contributed by atoms with Crippen LogP contribution in [0.2, 0.25) is 0 Å². The van der Waals surface area contributed by atoms with Crippen LogP contribution in [0.15, 0.2) is 23.1 Å². The van der Waals surface area contributed by atoms with E-state index in [0.717, 1.165) is 6.07 Å². The number of nitrogens with zero attached hydrogens (tertiary/aromatic N) is 1. The fourth-order valence-corrected chi connectivity index (χ4v) is 6.94. The van der Waals surface area contributed by atoms with Gasteiger partial charge in [0, 0.05) is 12.1 Å². The number of aryl methyl sites for hydroxylation is 1. The van der Waals surface area contributed by atoms with E-state index >= 15 is 0 Å². The van der Waals surface area contributed by atoms with Crippen LogP contribution in [0.25, 0.3) is 0 Å². The van der Waals surface area contributed by atoms with Crippen molar-refractivity contribution in [1.82, 2.24) is 9.62 Å². The summed E-state index contributed by atoms with van der Waals surface area (Å²) in [6, 6.07) is 3.50. The second kappa shape index (κ2) is 6.94. The molecule has 0 aromatic heterocycles. The SMILES string of the molecule is Cc1cc(F)ccc1S(=O)(=O)NC1CCN([C@H]2CCS(=O)(=O)C2)CC1. The maximum atomic E-state index is 13.2. The number of likely N-dealkylation sites (tertiary alicyclic amines) is 1. The molecule has 0 radical (unpaired) electrons. The molecule has 2 aliphatic rings. The minimum Gasteiger partial charge on any atom is -0.299 e. The minimum atomic E-state index is -3.69. The Morgan fingerprint density at radius 3 is 2.44 bits per heavy atom. The van der Waals surface area contributed by atoms with Crippen LogP contribution in [0.5, 0.6) is 0 Å². The molecule has 0 unspecified atom stereocenters. The van der Waals surface area contributed by atoms with Gasteiger partial charge in [-0.2, -0.15) is 0 Å². The molecule has 1 aromatic carbocycles. The van der Waals surface area contributed by atoms with Crippen molar-refractivity contribution in [3.8, 4) is 0 Å². The molecule has 2 fully saturated rings. The fraction of sp³-hybridized carbons (Fsp3) is 0.625. The highest BCUT2D eigenvalue weighted by atomic mass is 32.2. The molecule has 0 saturated carbocycles. The van der Waals surface area contributed by atoms with Crippen LogP contribution in [0.4, 0.5) is 4.39 Å². The Bertz CT molecular complexity index is 847. The summed E-state index contributed by atoms with van der Waals surface area (Å²) in [4.78, 5) is 2.25. The lowest BCUT2D eigenvalue weighted by Crippen LogP contribution is -2.48. The van der Waals surface area contributed by atoms with Gasteiger partial charge in [-0.1, -0.05) is 0 Å². The summed E-state index contributed by atoms with van der Waals surface area (Å²) in [6.45, 7) is 2.92. The molecule has 2 heterocycles. The highest BCUT2D eigenvalue weighted by Gasteiger charge is 2.34. The fourth-order valence-electron chi connectivity index (χ4n) is 3.64. The van der Waals surface area contributed by atoms with E-state index in [-0.39, 0.29) is 28.5 Å². The van der Waals surface area contributed by atoms with E-state index in [2.05, 4.69) is 9.62 Å². The third-order valence-corrected chi connectivity index (χ3v) is 8.43. The van der Waals surface area contributed by atoms with E-state index in [1.807, 2.05) is 0 Å². The van der Waals surface area contributed by atoms with Crippen LogP contribution in [-0.4, -0.2) is 58.4 Å². The van der Waals surface area contributed by atoms with Crippen LogP contribution in [-0.2, 0) is 19.9 Å². The zero-order chi connectivity index (χ0) is 18.2. The van der Waals surface area contributed by atoms with Crippen molar-refractivity contribution in [2.24, 2.45) is 0 Å². The van der Waals surface area contributed by atoms with Crippen LogP contribution in [0.1, 0.15) is 24.8 Å². The van der Waals surface area contributed by atoms with Gasteiger partial charge in [0.2, 0.25) is 10.0 Å². The molecule has 1 aromatic rings. The van der Waals surface area contributed by atoms with E-state index in [4.69, 9.17) is 0 Å². The first-order valence-corrected chi connectivity index (χ1v) is 11.7. The van der Waals surface area contributed by atoms with Gasteiger partial charge in [0.1, 0.15) is 5.82 Å². The van der Waals surface area contributed by atoms with Crippen molar-refractivity contribution >= 4 is 19.9 Å². The molecular formula is C16H23FN2O4S2. The van der Waals surface area contributed by atoms with Gasteiger partial charge in [0.25, 0.3) is 0 Å². The molecule has 1 N–H and O–H groups in total. The summed E-state index contributed by atoms with van der Waals surface area (Å²) in [5, 5.41) is 0. The standard InChI is InChI=1S/C16H23FN2O4S2/c1-12-10-13(17)2-3-16(12)25(22,23)18-14-4-7-19(8-5-14)15-6-9-24(20,21)11-15/h2-3,10,14-15,18H,4-9,11H2,1H3/t15-/m0/s1. The highest BCUT2D eigenvalue weighted by Crippen LogP contribution is 2.23. The second-order valence-electron chi connectivity index (χ2n) is 6.90. The van der Waals surface area contributed by atoms with Crippen LogP contribution in [0, 0.1) is 12.7 Å². The summed E-state index contributed by atoms with van der Waals surface area (Å²) >= 11 is 0. The number of piperidine rings is 1. The molecule has 0 bridgehead atoms. The van der Waals surface area contributed by atoms with Crippen molar-refractivity contribution < 1.29 is 21.2 Å². The summed E-state index contributed by atoms with van der Waals surface area (Å²) < 4.78 is 64.1. The van der Waals surface area contributed by atoms with E-state index in [9.17, 15) is 21.2 Å². The average Bonchev–Trinajstić information content (AvgIpc) is 2.87. The number of sulfonamides is 1. The molecular weight excluding hydrogens is 367 g/mol. The van der Waals surface area contributed by atoms with Crippen molar-refractivity contribution in [2.75, 3.05) is 24.6 Å². The number of halogens is 1. The van der Waals surface area contributed by atoms with Crippen molar-refractivity contribution in [1.29, 1.82) is 0 Å². The first-order valence-electron chi connectivity index (χ1n) is 8.39. The van der Waals surface area contributed by atoms with E-state index in [1.54, 1.807) is 6.92 Å². The molecule has 0 spiro atoms. The quantitative estimate of drug-likeness (QED) is 0.831. The maximum absolute atomic E-state index is 13.2. The molecule has 25 heavy (non-hydrogen) atoms. The number of sulfone groups is 1. The first kappa shape index (κ1) is 18.8. The van der Waals surface area contributed by atoms with Gasteiger partial charge >= 0.3 is 0 Å². The largest absolute Gasteiger partial charge is 0.299 e. The Kier molecular flexibility index (Phi) is 5.21. The van der Waals surface area contributed by atoms with Gasteiger partial charge in [0.15, 0.2) is 9.84 Å².